The maximum Gasteiger partial charge on any atom is 0.405 e. The molecule has 1 rings (SSSR count). The molecule has 0 bridgehead atoms. The van der Waals surface area contributed by atoms with Gasteiger partial charge in [-0.15, -0.1) is 0 Å². The molecule has 4 N–H and O–H groups in total. The summed E-state index contributed by atoms with van der Waals surface area (Å²) in [5, 5.41) is 10.1. The quantitative estimate of drug-likeness (QED) is 0.577. The van der Waals surface area contributed by atoms with Crippen molar-refractivity contribution in [3.05, 3.63) is 0 Å². The number of carboxylic acid groups (broad SMARTS) is 1. The highest BCUT2D eigenvalue weighted by Crippen LogP contribution is 2.32. The van der Waals surface area contributed by atoms with E-state index in [1.807, 2.05) is 0 Å². The molecule has 0 aliphatic heterocycles. The zero-order chi connectivity index (χ0) is 10.1. The van der Waals surface area contributed by atoms with Gasteiger partial charge in [0.05, 0.1) is 0 Å². The Kier molecular flexibility index (Phi) is 2.70. The average Bonchev–Trinajstić information content (AvgIpc) is 1.96. The van der Waals surface area contributed by atoms with Crippen LogP contribution in [-0.4, -0.2) is 29.2 Å². The molecule has 1 amide bonds. The maximum absolute atomic E-state index is 13.1. The fourth-order valence-corrected chi connectivity index (χ4v) is 1.55. The first-order chi connectivity index (χ1) is 5.93. The zero-order valence-electron chi connectivity index (χ0n) is 6.96. The molecule has 6 heteroatoms. The summed E-state index contributed by atoms with van der Waals surface area (Å²) in [5.41, 5.74) is 5.40. The van der Waals surface area contributed by atoms with Gasteiger partial charge in [-0.3, -0.25) is 0 Å². The van der Waals surface area contributed by atoms with Crippen LogP contribution in [0.3, 0.4) is 0 Å². The Morgan fingerprint density at radius 2 is 2.23 bits per heavy atom. The molecular formula is C7H12F2N2O2. The number of nitrogens with one attached hydrogen (secondary N) is 1. The van der Waals surface area contributed by atoms with E-state index >= 15 is 0 Å². The zero-order valence-corrected chi connectivity index (χ0v) is 6.96. The molecule has 0 heterocycles. The predicted octanol–water partition coefficient (Wildman–Crippen LogP) is 0.769. The minimum absolute atomic E-state index is 0.300. The first kappa shape index (κ1) is 10.2. The molecule has 1 aliphatic carbocycles. The lowest BCUT2D eigenvalue weighted by atomic mass is 9.87. The van der Waals surface area contributed by atoms with Crippen LogP contribution in [0.2, 0.25) is 0 Å². The van der Waals surface area contributed by atoms with Gasteiger partial charge in [-0.1, -0.05) is 0 Å². The van der Waals surface area contributed by atoms with Crippen molar-refractivity contribution in [3.63, 3.8) is 0 Å². The normalized spacial score (nSPS) is 32.5. The number of rotatable bonds is 1. The van der Waals surface area contributed by atoms with Crippen LogP contribution in [0.1, 0.15) is 19.3 Å². The van der Waals surface area contributed by atoms with Gasteiger partial charge in [0.25, 0.3) is 5.92 Å². The molecule has 0 aromatic carbocycles. The molecule has 2 atom stereocenters. The Hall–Kier alpha value is -0.910. The second-order valence-corrected chi connectivity index (χ2v) is 3.24. The van der Waals surface area contributed by atoms with Gasteiger partial charge in [-0.25, -0.2) is 13.6 Å². The third kappa shape index (κ3) is 2.27. The van der Waals surface area contributed by atoms with Gasteiger partial charge >= 0.3 is 6.09 Å². The molecular weight excluding hydrogens is 182 g/mol. The van der Waals surface area contributed by atoms with Crippen molar-refractivity contribution in [2.45, 2.75) is 37.3 Å². The summed E-state index contributed by atoms with van der Waals surface area (Å²) in [7, 11) is 0. The third-order valence-electron chi connectivity index (χ3n) is 2.21. The SMILES string of the molecule is N[C@@H]1CCCC(F)(F)[C@H]1NC(=O)O. The minimum atomic E-state index is -3.02. The van der Waals surface area contributed by atoms with E-state index in [0.29, 0.717) is 12.8 Å². The van der Waals surface area contributed by atoms with E-state index in [1.54, 1.807) is 5.32 Å². The number of amides is 1. The molecule has 1 aliphatic rings. The number of alkyl halides is 2. The van der Waals surface area contributed by atoms with E-state index in [0.717, 1.165) is 0 Å². The van der Waals surface area contributed by atoms with Gasteiger partial charge < -0.3 is 16.2 Å². The summed E-state index contributed by atoms with van der Waals surface area (Å²) in [6, 6.07) is -2.24. The number of carbonyl (C=O) groups is 1. The maximum atomic E-state index is 13.1. The first-order valence-electron chi connectivity index (χ1n) is 4.06. The first-order valence-corrected chi connectivity index (χ1v) is 4.06. The molecule has 13 heavy (non-hydrogen) atoms. The highest BCUT2D eigenvalue weighted by atomic mass is 19.3. The molecule has 0 unspecified atom stereocenters. The Labute approximate surface area is 74.1 Å². The molecule has 1 saturated carbocycles. The Morgan fingerprint density at radius 1 is 1.62 bits per heavy atom. The van der Waals surface area contributed by atoms with Gasteiger partial charge in [-0.2, -0.15) is 0 Å². The summed E-state index contributed by atoms with van der Waals surface area (Å²) in [4.78, 5) is 10.2. The number of nitrogens with two attached hydrogens (primary N) is 1. The summed E-state index contributed by atoms with van der Waals surface area (Å²) in [6.45, 7) is 0. The number of hydrogen-bond acceptors (Lipinski definition) is 2. The van der Waals surface area contributed by atoms with Crippen molar-refractivity contribution >= 4 is 6.09 Å². The summed E-state index contributed by atoms with van der Waals surface area (Å²) in [5.74, 6) is -3.02. The molecule has 0 spiro atoms. The van der Waals surface area contributed by atoms with Crippen molar-refractivity contribution in [3.8, 4) is 0 Å². The monoisotopic (exact) mass is 194 g/mol. The fraction of sp³-hybridized carbons (Fsp3) is 0.857. The summed E-state index contributed by atoms with van der Waals surface area (Å²) < 4.78 is 26.1. The van der Waals surface area contributed by atoms with Crippen LogP contribution < -0.4 is 11.1 Å². The smallest absolute Gasteiger partial charge is 0.405 e. The van der Waals surface area contributed by atoms with E-state index in [2.05, 4.69) is 0 Å². The Morgan fingerprint density at radius 3 is 2.69 bits per heavy atom. The lowest BCUT2D eigenvalue weighted by Crippen LogP contribution is -2.59. The van der Waals surface area contributed by atoms with Crippen LogP contribution in [0.5, 0.6) is 0 Å². The van der Waals surface area contributed by atoms with E-state index < -0.39 is 24.1 Å². The molecule has 0 aromatic heterocycles. The lowest BCUT2D eigenvalue weighted by Gasteiger charge is -2.35. The van der Waals surface area contributed by atoms with E-state index in [4.69, 9.17) is 10.8 Å². The highest BCUT2D eigenvalue weighted by Gasteiger charge is 2.46. The Bertz CT molecular complexity index is 211. The Balaban J connectivity index is 2.68. The van der Waals surface area contributed by atoms with Gasteiger partial charge in [0, 0.05) is 12.5 Å². The van der Waals surface area contributed by atoms with Crippen molar-refractivity contribution in [2.75, 3.05) is 0 Å². The largest absolute Gasteiger partial charge is 0.465 e. The van der Waals surface area contributed by atoms with Crippen LogP contribution in [-0.2, 0) is 0 Å². The third-order valence-corrected chi connectivity index (χ3v) is 2.21. The van der Waals surface area contributed by atoms with Crippen LogP contribution >= 0.6 is 0 Å². The van der Waals surface area contributed by atoms with Crippen LogP contribution in [0, 0.1) is 0 Å². The molecule has 0 saturated heterocycles. The second kappa shape index (κ2) is 3.45. The summed E-state index contributed by atoms with van der Waals surface area (Å²) in [6.07, 6.45) is -0.986. The van der Waals surface area contributed by atoms with Gasteiger partial charge in [0.2, 0.25) is 0 Å². The standard InChI is InChI=1S/C7H12F2N2O2/c8-7(9)3-1-2-4(10)5(7)11-6(12)13/h4-5,11H,1-3,10H2,(H,12,13)/t4-,5+/m1/s1. The van der Waals surface area contributed by atoms with Crippen LogP contribution in [0.25, 0.3) is 0 Å². The minimum Gasteiger partial charge on any atom is -0.465 e. The molecule has 0 radical (unpaired) electrons. The number of halogens is 2. The summed E-state index contributed by atoms with van der Waals surface area (Å²) >= 11 is 0. The van der Waals surface area contributed by atoms with Gasteiger partial charge in [0.15, 0.2) is 0 Å². The van der Waals surface area contributed by atoms with E-state index in [9.17, 15) is 13.6 Å². The van der Waals surface area contributed by atoms with Gasteiger partial charge in [0.1, 0.15) is 6.04 Å². The van der Waals surface area contributed by atoms with Crippen LogP contribution in [0.15, 0.2) is 0 Å². The van der Waals surface area contributed by atoms with Crippen molar-refractivity contribution in [2.24, 2.45) is 5.73 Å². The average molecular weight is 194 g/mol. The van der Waals surface area contributed by atoms with Crippen molar-refractivity contribution in [1.29, 1.82) is 0 Å². The van der Waals surface area contributed by atoms with Crippen molar-refractivity contribution in [1.82, 2.24) is 5.32 Å². The second-order valence-electron chi connectivity index (χ2n) is 3.24. The van der Waals surface area contributed by atoms with E-state index in [1.165, 1.54) is 0 Å². The molecule has 1 fully saturated rings. The topological polar surface area (TPSA) is 75.3 Å². The van der Waals surface area contributed by atoms with Gasteiger partial charge in [-0.05, 0) is 12.8 Å². The molecule has 76 valence electrons. The predicted molar refractivity (Wildman–Crippen MR) is 41.7 cm³/mol. The van der Waals surface area contributed by atoms with Crippen molar-refractivity contribution < 1.29 is 18.7 Å². The lowest BCUT2D eigenvalue weighted by molar-refractivity contribution is -0.0679. The van der Waals surface area contributed by atoms with Crippen LogP contribution in [0.4, 0.5) is 13.6 Å². The highest BCUT2D eigenvalue weighted by molar-refractivity contribution is 5.65. The van der Waals surface area contributed by atoms with E-state index in [-0.39, 0.29) is 6.42 Å². The fourth-order valence-electron chi connectivity index (χ4n) is 1.55. The molecule has 4 nitrogen and oxygen atoms in total. The number of hydrogen-bond donors (Lipinski definition) is 3. The molecule has 0 aromatic rings.